The van der Waals surface area contributed by atoms with Crippen LogP contribution in [0.5, 0.6) is 0 Å². The third-order valence-electron chi connectivity index (χ3n) is 4.22. The van der Waals surface area contributed by atoms with Crippen molar-refractivity contribution in [3.8, 4) is 0 Å². The fourth-order valence-corrected chi connectivity index (χ4v) is 3.20. The minimum atomic E-state index is 0.0118. The van der Waals surface area contributed by atoms with Crippen LogP contribution in [0.2, 0.25) is 0 Å². The van der Waals surface area contributed by atoms with Crippen molar-refractivity contribution in [1.82, 2.24) is 5.32 Å². The van der Waals surface area contributed by atoms with Crippen LogP contribution < -0.4 is 10.6 Å². The van der Waals surface area contributed by atoms with Crippen LogP contribution in [-0.2, 0) is 4.79 Å². The Kier molecular flexibility index (Phi) is 5.28. The van der Waals surface area contributed by atoms with E-state index < -0.39 is 0 Å². The van der Waals surface area contributed by atoms with Crippen molar-refractivity contribution in [3.05, 3.63) is 28.8 Å². The molecule has 1 aliphatic rings. The van der Waals surface area contributed by atoms with Crippen LogP contribution in [0.4, 0.5) is 5.69 Å². The predicted molar refractivity (Wildman–Crippen MR) is 93.2 cm³/mol. The number of hydrogen-bond acceptors (Lipinski definition) is 2. The van der Waals surface area contributed by atoms with E-state index >= 15 is 0 Å². The normalized spacial score (nSPS) is 19.0. The first kappa shape index (κ1) is 17.0. The summed E-state index contributed by atoms with van der Waals surface area (Å²) in [5.41, 5.74) is 4.66. The molecule has 1 amide bonds. The number of carbonyl (C=O) groups is 1. The summed E-state index contributed by atoms with van der Waals surface area (Å²) in [4.78, 5) is 12.2. The van der Waals surface area contributed by atoms with Gasteiger partial charge in [-0.2, -0.15) is 0 Å². The largest absolute Gasteiger partial charge is 0.326 e. The molecule has 0 bridgehead atoms. The molecular weight excluding hydrogens is 272 g/mol. The van der Waals surface area contributed by atoms with Crippen molar-refractivity contribution < 1.29 is 4.79 Å². The Hall–Kier alpha value is -1.35. The second-order valence-electron chi connectivity index (χ2n) is 7.82. The molecule has 3 heteroatoms. The van der Waals surface area contributed by atoms with Crippen LogP contribution in [0.3, 0.4) is 0 Å². The maximum atomic E-state index is 12.2. The summed E-state index contributed by atoms with van der Waals surface area (Å²) in [6.07, 6.45) is 4.31. The van der Waals surface area contributed by atoms with Crippen molar-refractivity contribution in [3.63, 3.8) is 0 Å². The summed E-state index contributed by atoms with van der Waals surface area (Å²) < 4.78 is 0. The number of rotatable bonds is 3. The Bertz CT molecular complexity index is 514. The molecule has 1 aromatic carbocycles. The quantitative estimate of drug-likeness (QED) is 0.863. The zero-order valence-corrected chi connectivity index (χ0v) is 14.7. The van der Waals surface area contributed by atoms with E-state index in [1.807, 2.05) is 0 Å². The highest BCUT2D eigenvalue weighted by atomic mass is 16.1. The van der Waals surface area contributed by atoms with Crippen LogP contribution in [0, 0.1) is 19.3 Å². The molecule has 1 fully saturated rings. The lowest BCUT2D eigenvalue weighted by Crippen LogP contribution is -2.27. The summed E-state index contributed by atoms with van der Waals surface area (Å²) in [7, 11) is 0. The summed E-state index contributed by atoms with van der Waals surface area (Å²) in [5.74, 6) is 0.0993. The van der Waals surface area contributed by atoms with Gasteiger partial charge < -0.3 is 10.6 Å². The fraction of sp³-hybridized carbons (Fsp3) is 0.632. The Morgan fingerprint density at radius 2 is 1.86 bits per heavy atom. The molecule has 22 heavy (non-hydrogen) atoms. The number of carbonyl (C=O) groups excluding carboxylic acids is 1. The molecule has 1 aliphatic heterocycles. The summed E-state index contributed by atoms with van der Waals surface area (Å²) in [6, 6.07) is 4.91. The molecule has 0 radical (unpaired) electrons. The summed E-state index contributed by atoms with van der Waals surface area (Å²) in [5, 5.41) is 6.70. The predicted octanol–water partition coefficient (Wildman–Crippen LogP) is 4.49. The first-order valence-electron chi connectivity index (χ1n) is 8.41. The first-order valence-corrected chi connectivity index (χ1v) is 8.41. The number of benzene rings is 1. The number of nitrogens with one attached hydrogen (secondary N) is 2. The maximum absolute atomic E-state index is 12.2. The minimum absolute atomic E-state index is 0.0118. The minimum Gasteiger partial charge on any atom is -0.326 e. The molecule has 1 aromatic rings. The van der Waals surface area contributed by atoms with Crippen molar-refractivity contribution in [2.75, 3.05) is 11.9 Å². The molecule has 2 rings (SSSR count). The van der Waals surface area contributed by atoms with E-state index in [0.29, 0.717) is 12.5 Å². The highest BCUT2D eigenvalue weighted by Gasteiger charge is 2.19. The van der Waals surface area contributed by atoms with Gasteiger partial charge in [0.15, 0.2) is 0 Å². The van der Waals surface area contributed by atoms with E-state index in [9.17, 15) is 4.79 Å². The number of amides is 1. The Balaban J connectivity index is 2.14. The van der Waals surface area contributed by atoms with E-state index in [-0.39, 0.29) is 11.3 Å². The topological polar surface area (TPSA) is 41.1 Å². The van der Waals surface area contributed by atoms with Crippen LogP contribution in [0.15, 0.2) is 12.1 Å². The van der Waals surface area contributed by atoms with Crippen LogP contribution in [0.1, 0.15) is 69.2 Å². The van der Waals surface area contributed by atoms with Gasteiger partial charge in [0.25, 0.3) is 0 Å². The number of piperidine rings is 1. The molecule has 2 N–H and O–H groups in total. The second kappa shape index (κ2) is 6.82. The van der Waals surface area contributed by atoms with E-state index in [0.717, 1.165) is 23.4 Å². The molecule has 122 valence electrons. The van der Waals surface area contributed by atoms with Gasteiger partial charge in [-0.1, -0.05) is 39.3 Å². The molecule has 0 aliphatic carbocycles. The monoisotopic (exact) mass is 302 g/mol. The Morgan fingerprint density at radius 1 is 1.23 bits per heavy atom. The SMILES string of the molecule is Cc1cc(C2CCCCN2)cc(C)c1NC(=O)CC(C)(C)C. The van der Waals surface area contributed by atoms with E-state index in [1.165, 1.54) is 24.8 Å². The van der Waals surface area contributed by atoms with Gasteiger partial charge >= 0.3 is 0 Å². The lowest BCUT2D eigenvalue weighted by molar-refractivity contribution is -0.117. The van der Waals surface area contributed by atoms with Crippen molar-refractivity contribution in [1.29, 1.82) is 0 Å². The van der Waals surface area contributed by atoms with Crippen LogP contribution in [0.25, 0.3) is 0 Å². The maximum Gasteiger partial charge on any atom is 0.224 e. The van der Waals surface area contributed by atoms with Gasteiger partial charge in [0.2, 0.25) is 5.91 Å². The number of hydrogen-bond donors (Lipinski definition) is 2. The van der Waals surface area contributed by atoms with Gasteiger partial charge in [-0.15, -0.1) is 0 Å². The van der Waals surface area contributed by atoms with E-state index in [2.05, 4.69) is 57.4 Å². The third kappa shape index (κ3) is 4.57. The van der Waals surface area contributed by atoms with E-state index in [1.54, 1.807) is 0 Å². The lowest BCUT2D eigenvalue weighted by atomic mass is 9.91. The summed E-state index contributed by atoms with van der Waals surface area (Å²) in [6.45, 7) is 11.5. The Morgan fingerprint density at radius 3 is 2.36 bits per heavy atom. The van der Waals surface area contributed by atoms with Gasteiger partial charge in [0, 0.05) is 18.2 Å². The second-order valence-corrected chi connectivity index (χ2v) is 7.82. The average molecular weight is 302 g/mol. The smallest absolute Gasteiger partial charge is 0.224 e. The zero-order valence-electron chi connectivity index (χ0n) is 14.7. The highest BCUT2D eigenvalue weighted by Crippen LogP contribution is 2.30. The van der Waals surface area contributed by atoms with Gasteiger partial charge in [0.05, 0.1) is 0 Å². The third-order valence-corrected chi connectivity index (χ3v) is 4.22. The fourth-order valence-electron chi connectivity index (χ4n) is 3.20. The molecular formula is C19H30N2O. The van der Waals surface area contributed by atoms with Crippen molar-refractivity contribution in [2.24, 2.45) is 5.41 Å². The van der Waals surface area contributed by atoms with Crippen LogP contribution >= 0.6 is 0 Å². The molecule has 1 atom stereocenters. The van der Waals surface area contributed by atoms with Gasteiger partial charge in [0.1, 0.15) is 0 Å². The molecule has 0 aromatic heterocycles. The van der Waals surface area contributed by atoms with Gasteiger partial charge in [-0.3, -0.25) is 4.79 Å². The number of aryl methyl sites for hydroxylation is 2. The molecule has 0 spiro atoms. The molecule has 1 unspecified atom stereocenters. The van der Waals surface area contributed by atoms with Crippen LogP contribution in [-0.4, -0.2) is 12.5 Å². The Labute approximate surface area is 134 Å². The zero-order chi connectivity index (χ0) is 16.3. The highest BCUT2D eigenvalue weighted by molar-refractivity contribution is 5.92. The van der Waals surface area contributed by atoms with Crippen molar-refractivity contribution in [2.45, 2.75) is 66.3 Å². The lowest BCUT2D eigenvalue weighted by Gasteiger charge is -2.25. The van der Waals surface area contributed by atoms with Gasteiger partial charge in [-0.25, -0.2) is 0 Å². The number of anilines is 1. The molecule has 0 saturated carbocycles. The molecule has 1 saturated heterocycles. The molecule has 3 nitrogen and oxygen atoms in total. The first-order chi connectivity index (χ1) is 10.3. The molecule has 1 heterocycles. The van der Waals surface area contributed by atoms with Gasteiger partial charge in [-0.05, 0) is 55.3 Å². The standard InChI is InChI=1S/C19H30N2O/c1-13-10-15(16-8-6-7-9-20-16)11-14(2)18(13)21-17(22)12-19(3,4)5/h10-11,16,20H,6-9,12H2,1-5H3,(H,21,22). The van der Waals surface area contributed by atoms with E-state index in [4.69, 9.17) is 0 Å². The van der Waals surface area contributed by atoms with Crippen molar-refractivity contribution >= 4 is 11.6 Å². The average Bonchev–Trinajstić information content (AvgIpc) is 2.41. The summed E-state index contributed by atoms with van der Waals surface area (Å²) >= 11 is 0.